The third-order valence-electron chi connectivity index (χ3n) is 5.27. The van der Waals surface area contributed by atoms with E-state index in [9.17, 15) is 9.59 Å². The van der Waals surface area contributed by atoms with Crippen LogP contribution in [0.15, 0.2) is 48.5 Å². The van der Waals surface area contributed by atoms with Crippen LogP contribution in [0.3, 0.4) is 0 Å². The number of esters is 1. The van der Waals surface area contributed by atoms with Crippen LogP contribution in [0.25, 0.3) is 0 Å². The lowest BCUT2D eigenvalue weighted by atomic mass is 10.1. The normalized spacial score (nSPS) is 10.7. The van der Waals surface area contributed by atoms with Gasteiger partial charge in [-0.2, -0.15) is 0 Å². The fraction of sp³-hybridized carbons (Fsp3) is 0.280. The molecule has 0 aliphatic rings. The highest BCUT2D eigenvalue weighted by Gasteiger charge is 2.23. The van der Waals surface area contributed by atoms with Crippen molar-refractivity contribution in [3.63, 3.8) is 0 Å². The van der Waals surface area contributed by atoms with Crippen molar-refractivity contribution in [2.75, 3.05) is 6.61 Å². The van der Waals surface area contributed by atoms with E-state index in [1.807, 2.05) is 45.0 Å². The lowest BCUT2D eigenvalue weighted by Gasteiger charge is -2.24. The summed E-state index contributed by atoms with van der Waals surface area (Å²) in [5.74, 6) is -0.513. The van der Waals surface area contributed by atoms with Crippen LogP contribution in [0, 0.1) is 20.8 Å². The second kappa shape index (κ2) is 9.84. The molecule has 0 aliphatic heterocycles. The number of hydrogen-bond acceptors (Lipinski definition) is 3. The summed E-state index contributed by atoms with van der Waals surface area (Å²) >= 11 is 6.12. The molecule has 0 radical (unpaired) electrons. The van der Waals surface area contributed by atoms with E-state index >= 15 is 0 Å². The molecule has 2 aromatic carbocycles. The van der Waals surface area contributed by atoms with Crippen LogP contribution >= 0.6 is 11.6 Å². The van der Waals surface area contributed by atoms with Crippen molar-refractivity contribution in [3.05, 3.63) is 92.8 Å². The average molecular weight is 439 g/mol. The minimum Gasteiger partial charge on any atom is -0.461 e. The first-order chi connectivity index (χ1) is 14.8. The molecule has 0 saturated heterocycles. The van der Waals surface area contributed by atoms with Gasteiger partial charge in [0.1, 0.15) is 5.69 Å². The molecule has 3 aromatic rings. The van der Waals surface area contributed by atoms with Crippen molar-refractivity contribution < 1.29 is 14.3 Å². The van der Waals surface area contributed by atoms with Crippen molar-refractivity contribution in [2.24, 2.45) is 0 Å². The minimum absolute atomic E-state index is 0.124. The monoisotopic (exact) mass is 438 g/mol. The van der Waals surface area contributed by atoms with Gasteiger partial charge in [-0.05, 0) is 62.6 Å². The topological polar surface area (TPSA) is 62.4 Å². The number of rotatable bonds is 7. The van der Waals surface area contributed by atoms with E-state index in [0.29, 0.717) is 36.0 Å². The maximum absolute atomic E-state index is 13.4. The maximum atomic E-state index is 13.4. The molecule has 0 atom stereocenters. The summed E-state index contributed by atoms with van der Waals surface area (Å²) in [7, 11) is 0. The quantitative estimate of drug-likeness (QED) is 0.487. The molecule has 1 amide bonds. The molecular formula is C25H27ClN2O3. The smallest absolute Gasteiger partial charge is 0.355 e. The fourth-order valence-electron chi connectivity index (χ4n) is 3.54. The van der Waals surface area contributed by atoms with Gasteiger partial charge in [0.25, 0.3) is 5.91 Å². The van der Waals surface area contributed by atoms with E-state index in [4.69, 9.17) is 16.3 Å². The summed E-state index contributed by atoms with van der Waals surface area (Å²) in [4.78, 5) is 30.6. The number of aryl methyl sites for hydroxylation is 2. The predicted molar refractivity (Wildman–Crippen MR) is 122 cm³/mol. The van der Waals surface area contributed by atoms with E-state index in [0.717, 1.165) is 27.9 Å². The zero-order valence-electron chi connectivity index (χ0n) is 18.3. The van der Waals surface area contributed by atoms with E-state index in [2.05, 4.69) is 4.98 Å². The number of aromatic nitrogens is 1. The lowest BCUT2D eigenvalue weighted by Crippen LogP contribution is -2.30. The van der Waals surface area contributed by atoms with Crippen molar-refractivity contribution >= 4 is 23.5 Å². The number of hydrogen-bond donors (Lipinski definition) is 1. The van der Waals surface area contributed by atoms with Gasteiger partial charge in [-0.25, -0.2) is 4.79 Å². The number of carbonyl (C=O) groups excluding carboxylic acids is 2. The molecule has 6 heteroatoms. The van der Waals surface area contributed by atoms with Crippen LogP contribution in [0.4, 0.5) is 0 Å². The lowest BCUT2D eigenvalue weighted by molar-refractivity contribution is 0.0519. The van der Waals surface area contributed by atoms with Gasteiger partial charge in [-0.15, -0.1) is 0 Å². The van der Waals surface area contributed by atoms with Crippen molar-refractivity contribution in [1.82, 2.24) is 9.88 Å². The zero-order valence-corrected chi connectivity index (χ0v) is 19.0. The van der Waals surface area contributed by atoms with Crippen molar-refractivity contribution in [1.29, 1.82) is 0 Å². The molecule has 5 nitrogen and oxygen atoms in total. The van der Waals surface area contributed by atoms with Crippen molar-refractivity contribution in [2.45, 2.75) is 40.8 Å². The summed E-state index contributed by atoms with van der Waals surface area (Å²) < 4.78 is 5.15. The number of nitrogens with one attached hydrogen (secondary N) is 1. The Hall–Kier alpha value is -3.05. The average Bonchev–Trinajstić information content (AvgIpc) is 3.02. The first kappa shape index (κ1) is 22.6. The van der Waals surface area contributed by atoms with Gasteiger partial charge in [0.2, 0.25) is 0 Å². The first-order valence-electron chi connectivity index (χ1n) is 10.3. The van der Waals surface area contributed by atoms with Gasteiger partial charge in [-0.1, -0.05) is 47.5 Å². The second-order valence-electron chi connectivity index (χ2n) is 7.61. The molecule has 0 unspecified atom stereocenters. The number of benzene rings is 2. The summed E-state index contributed by atoms with van der Waals surface area (Å²) in [5.41, 5.74) is 5.68. The number of ether oxygens (including phenoxy) is 1. The highest BCUT2D eigenvalue weighted by Crippen LogP contribution is 2.23. The van der Waals surface area contributed by atoms with E-state index in [-0.39, 0.29) is 11.9 Å². The Bertz CT molecular complexity index is 1090. The van der Waals surface area contributed by atoms with Gasteiger partial charge in [0.05, 0.1) is 6.61 Å². The third kappa shape index (κ3) is 5.36. The number of halogens is 1. The summed E-state index contributed by atoms with van der Waals surface area (Å²) in [6.07, 6.45) is 0. The van der Waals surface area contributed by atoms with Crippen LogP contribution in [0.2, 0.25) is 5.02 Å². The summed E-state index contributed by atoms with van der Waals surface area (Å²) in [6, 6.07) is 15.1. The molecule has 0 spiro atoms. The molecular weight excluding hydrogens is 412 g/mol. The second-order valence-corrected chi connectivity index (χ2v) is 8.04. The molecule has 0 aliphatic carbocycles. The number of amides is 1. The number of aromatic amines is 1. The van der Waals surface area contributed by atoms with Crippen LogP contribution < -0.4 is 0 Å². The Morgan fingerprint density at radius 3 is 2.39 bits per heavy atom. The van der Waals surface area contributed by atoms with Gasteiger partial charge in [-0.3, -0.25) is 4.79 Å². The molecule has 1 N–H and O–H groups in total. The molecule has 0 saturated carbocycles. The Kier molecular flexibility index (Phi) is 7.18. The van der Waals surface area contributed by atoms with Gasteiger partial charge in [0.15, 0.2) is 0 Å². The SMILES string of the molecule is CCOC(=O)c1[nH]c(C)c(CN(Cc2ccc(C)cc2)C(=O)c2cccc(Cl)c2)c1C. The van der Waals surface area contributed by atoms with Gasteiger partial charge >= 0.3 is 5.97 Å². The Morgan fingerprint density at radius 1 is 1.03 bits per heavy atom. The molecule has 1 aromatic heterocycles. The Balaban J connectivity index is 1.96. The first-order valence-corrected chi connectivity index (χ1v) is 10.6. The zero-order chi connectivity index (χ0) is 22.5. The highest BCUT2D eigenvalue weighted by molar-refractivity contribution is 6.30. The molecule has 3 rings (SSSR count). The van der Waals surface area contributed by atoms with Gasteiger partial charge in [0, 0.05) is 29.4 Å². The van der Waals surface area contributed by atoms with Crippen LogP contribution in [0.5, 0.6) is 0 Å². The highest BCUT2D eigenvalue weighted by atomic mass is 35.5. The molecule has 162 valence electrons. The van der Waals surface area contributed by atoms with Gasteiger partial charge < -0.3 is 14.6 Å². The van der Waals surface area contributed by atoms with Crippen LogP contribution in [-0.2, 0) is 17.8 Å². The number of carbonyl (C=O) groups is 2. The number of nitrogens with zero attached hydrogens (tertiary/aromatic N) is 1. The minimum atomic E-state index is -0.388. The Labute approximate surface area is 188 Å². The maximum Gasteiger partial charge on any atom is 0.355 e. The van der Waals surface area contributed by atoms with E-state index in [1.165, 1.54) is 0 Å². The van der Waals surface area contributed by atoms with E-state index in [1.54, 1.807) is 36.1 Å². The third-order valence-corrected chi connectivity index (χ3v) is 5.51. The van der Waals surface area contributed by atoms with Crippen LogP contribution in [0.1, 0.15) is 55.7 Å². The largest absolute Gasteiger partial charge is 0.461 e. The van der Waals surface area contributed by atoms with Crippen LogP contribution in [-0.4, -0.2) is 28.4 Å². The molecule has 0 bridgehead atoms. The molecule has 1 heterocycles. The standard InChI is InChI=1S/C25H27ClN2O3/c1-5-31-25(30)23-17(3)22(18(4)27-23)15-28(14-19-11-9-16(2)10-12-19)24(29)20-7-6-8-21(26)13-20/h6-13,27H,5,14-15H2,1-4H3. The van der Waals surface area contributed by atoms with E-state index < -0.39 is 0 Å². The predicted octanol–water partition coefficient (Wildman–Crippen LogP) is 5.61. The Morgan fingerprint density at radius 2 is 1.74 bits per heavy atom. The summed E-state index contributed by atoms with van der Waals surface area (Å²) in [5, 5.41) is 0.514. The molecule has 31 heavy (non-hydrogen) atoms. The molecule has 0 fully saturated rings. The van der Waals surface area contributed by atoms with Crippen molar-refractivity contribution in [3.8, 4) is 0 Å². The summed E-state index contributed by atoms with van der Waals surface area (Å²) in [6.45, 7) is 8.67. The number of H-pyrrole nitrogens is 1. The fourth-order valence-corrected chi connectivity index (χ4v) is 3.73.